The Morgan fingerprint density at radius 2 is 2.06 bits per heavy atom. The molecule has 1 aliphatic rings. The van der Waals surface area contributed by atoms with Crippen molar-refractivity contribution in [3.05, 3.63) is 77.4 Å². The fraction of sp³-hybridized carbons (Fsp3) is 0.231. The molecule has 2 N–H and O–H groups in total. The van der Waals surface area contributed by atoms with Crippen LogP contribution in [0.25, 0.3) is 16.7 Å². The van der Waals surface area contributed by atoms with Gasteiger partial charge < -0.3 is 15.2 Å². The second-order valence-corrected chi connectivity index (χ2v) is 8.97. The van der Waals surface area contributed by atoms with Gasteiger partial charge in [-0.25, -0.2) is 4.98 Å². The third kappa shape index (κ3) is 4.04. The topological polar surface area (TPSA) is 76.4 Å². The lowest BCUT2D eigenvalue weighted by Gasteiger charge is -2.16. The predicted octanol–water partition coefficient (Wildman–Crippen LogP) is 5.62. The molecule has 7 heteroatoms. The number of anilines is 1. The predicted molar refractivity (Wildman–Crippen MR) is 132 cm³/mol. The minimum absolute atomic E-state index is 0.0823. The lowest BCUT2D eigenvalue weighted by atomic mass is 9.98. The number of thioether (sulfide) groups is 1. The van der Waals surface area contributed by atoms with E-state index < -0.39 is 5.97 Å². The summed E-state index contributed by atoms with van der Waals surface area (Å²) in [5.74, 6) is -0.114. The normalized spacial score (nSPS) is 14.8. The summed E-state index contributed by atoms with van der Waals surface area (Å²) in [5, 5.41) is 13.6. The number of carboxylic acid groups (broad SMARTS) is 1. The summed E-state index contributed by atoms with van der Waals surface area (Å²) in [5.41, 5.74) is 7.53. The number of hydrogen-bond acceptors (Lipinski definition) is 5. The van der Waals surface area contributed by atoms with Crippen molar-refractivity contribution in [3.8, 4) is 11.4 Å². The van der Waals surface area contributed by atoms with E-state index in [4.69, 9.17) is 14.8 Å². The number of carboxylic acids is 1. The summed E-state index contributed by atoms with van der Waals surface area (Å²) < 4.78 is 7.97. The first-order chi connectivity index (χ1) is 16.0. The lowest BCUT2D eigenvalue weighted by molar-refractivity contribution is -0.137. The summed E-state index contributed by atoms with van der Waals surface area (Å²) in [6.45, 7) is 3.23. The van der Waals surface area contributed by atoms with Crippen LogP contribution in [0.2, 0.25) is 0 Å². The number of nitrogens with one attached hydrogen (secondary N) is 1. The highest BCUT2D eigenvalue weighted by atomic mass is 32.2. The van der Waals surface area contributed by atoms with Crippen LogP contribution in [0.15, 0.2) is 65.8 Å². The quantitative estimate of drug-likeness (QED) is 0.350. The summed E-state index contributed by atoms with van der Waals surface area (Å²) >= 11 is 1.64. The fourth-order valence-electron chi connectivity index (χ4n) is 4.44. The van der Waals surface area contributed by atoms with Crippen molar-refractivity contribution in [1.29, 1.82) is 0 Å². The number of para-hydroxylation sites is 2. The summed E-state index contributed by atoms with van der Waals surface area (Å²) in [6, 6.07) is 20.5. The first-order valence-electron chi connectivity index (χ1n) is 10.9. The molecule has 1 aliphatic heterocycles. The van der Waals surface area contributed by atoms with Crippen LogP contribution in [0.5, 0.6) is 5.75 Å². The average molecular weight is 460 g/mol. The molecule has 168 valence electrons. The summed E-state index contributed by atoms with van der Waals surface area (Å²) in [7, 11) is 0. The third-order valence-electron chi connectivity index (χ3n) is 6.17. The molecule has 0 bridgehead atoms. The van der Waals surface area contributed by atoms with E-state index in [2.05, 4.69) is 47.3 Å². The molecule has 1 atom stereocenters. The highest BCUT2D eigenvalue weighted by Crippen LogP contribution is 2.38. The van der Waals surface area contributed by atoms with Gasteiger partial charge in [-0.15, -0.1) is 0 Å². The molecule has 1 aromatic heterocycles. The SMILES string of the molecule is CSc1nc2ccccc2n1-c1cccc(CNc2ccc3c(c2)OCC3CC(=O)O)c1C. The Morgan fingerprint density at radius 3 is 2.88 bits per heavy atom. The van der Waals surface area contributed by atoms with E-state index in [1.54, 1.807) is 11.8 Å². The summed E-state index contributed by atoms with van der Waals surface area (Å²) in [6.07, 6.45) is 2.14. The molecular formula is C26H25N3O3S. The van der Waals surface area contributed by atoms with Gasteiger partial charge >= 0.3 is 5.97 Å². The maximum absolute atomic E-state index is 11.1. The molecule has 0 aliphatic carbocycles. The number of rotatable bonds is 7. The van der Waals surface area contributed by atoms with Crippen LogP contribution < -0.4 is 10.1 Å². The smallest absolute Gasteiger partial charge is 0.304 e. The minimum atomic E-state index is -0.802. The molecule has 0 spiro atoms. The number of carbonyl (C=O) groups is 1. The Morgan fingerprint density at radius 1 is 1.21 bits per heavy atom. The van der Waals surface area contributed by atoms with Gasteiger partial charge in [0.25, 0.3) is 0 Å². The Hall–Kier alpha value is -3.45. The molecule has 0 saturated heterocycles. The number of ether oxygens (including phenoxy) is 1. The van der Waals surface area contributed by atoms with Gasteiger partial charge in [-0.2, -0.15) is 0 Å². The average Bonchev–Trinajstić information content (AvgIpc) is 3.39. The minimum Gasteiger partial charge on any atom is -0.493 e. The summed E-state index contributed by atoms with van der Waals surface area (Å²) in [4.78, 5) is 15.9. The number of imidazole rings is 1. The number of hydrogen-bond donors (Lipinski definition) is 2. The van der Waals surface area contributed by atoms with Crippen LogP contribution in [0, 0.1) is 6.92 Å². The zero-order valence-corrected chi connectivity index (χ0v) is 19.4. The zero-order valence-electron chi connectivity index (χ0n) is 18.5. The van der Waals surface area contributed by atoms with Crippen molar-refractivity contribution >= 4 is 34.5 Å². The standard InChI is InChI=1S/C26H25N3O3S/c1-16-17(14-27-19-10-11-20-18(12-25(30)31)15-32-24(20)13-19)6-5-9-22(16)29-23-8-4-3-7-21(23)28-26(29)33-2/h3-11,13,18,27H,12,14-15H2,1-2H3,(H,30,31). The highest BCUT2D eigenvalue weighted by molar-refractivity contribution is 7.98. The van der Waals surface area contributed by atoms with E-state index in [9.17, 15) is 4.79 Å². The Balaban J connectivity index is 1.40. The van der Waals surface area contributed by atoms with Crippen LogP contribution >= 0.6 is 11.8 Å². The zero-order chi connectivity index (χ0) is 22.9. The third-order valence-corrected chi connectivity index (χ3v) is 6.81. The Labute approximate surface area is 196 Å². The highest BCUT2D eigenvalue weighted by Gasteiger charge is 2.26. The monoisotopic (exact) mass is 459 g/mol. The van der Waals surface area contributed by atoms with E-state index in [0.29, 0.717) is 13.2 Å². The van der Waals surface area contributed by atoms with Gasteiger partial charge in [0.1, 0.15) is 5.75 Å². The van der Waals surface area contributed by atoms with E-state index >= 15 is 0 Å². The number of aromatic nitrogens is 2. The first kappa shape index (κ1) is 21.4. The van der Waals surface area contributed by atoms with Crippen LogP contribution in [-0.4, -0.2) is 33.5 Å². The van der Waals surface area contributed by atoms with Crippen LogP contribution in [0.1, 0.15) is 29.0 Å². The van der Waals surface area contributed by atoms with Crippen molar-refractivity contribution in [2.45, 2.75) is 31.0 Å². The van der Waals surface area contributed by atoms with Crippen LogP contribution in [-0.2, 0) is 11.3 Å². The van der Waals surface area contributed by atoms with Gasteiger partial charge in [-0.3, -0.25) is 9.36 Å². The second kappa shape index (κ2) is 8.83. The van der Waals surface area contributed by atoms with Crippen molar-refractivity contribution in [2.24, 2.45) is 0 Å². The second-order valence-electron chi connectivity index (χ2n) is 8.20. The Kier molecular flexibility index (Phi) is 5.72. The molecule has 0 fully saturated rings. The molecule has 0 radical (unpaired) electrons. The molecule has 0 amide bonds. The van der Waals surface area contributed by atoms with Gasteiger partial charge in [-0.05, 0) is 48.6 Å². The molecule has 6 nitrogen and oxygen atoms in total. The molecule has 33 heavy (non-hydrogen) atoms. The van der Waals surface area contributed by atoms with Crippen molar-refractivity contribution in [2.75, 3.05) is 18.2 Å². The largest absolute Gasteiger partial charge is 0.493 e. The van der Waals surface area contributed by atoms with Crippen LogP contribution in [0.4, 0.5) is 5.69 Å². The van der Waals surface area contributed by atoms with Gasteiger partial charge in [0.05, 0.1) is 29.7 Å². The van der Waals surface area contributed by atoms with Crippen LogP contribution in [0.3, 0.4) is 0 Å². The van der Waals surface area contributed by atoms with E-state index in [-0.39, 0.29) is 12.3 Å². The van der Waals surface area contributed by atoms with E-state index in [0.717, 1.165) is 38.9 Å². The number of aliphatic carboxylic acids is 1. The number of fused-ring (bicyclic) bond motifs is 2. The van der Waals surface area contributed by atoms with Crippen molar-refractivity contribution in [3.63, 3.8) is 0 Å². The first-order valence-corrected chi connectivity index (χ1v) is 12.1. The fourth-order valence-corrected chi connectivity index (χ4v) is 5.01. The lowest BCUT2D eigenvalue weighted by Crippen LogP contribution is -2.07. The molecular weight excluding hydrogens is 434 g/mol. The molecule has 3 aromatic carbocycles. The molecule has 0 saturated carbocycles. The molecule has 2 heterocycles. The number of benzene rings is 3. The van der Waals surface area contributed by atoms with Crippen molar-refractivity contribution < 1.29 is 14.6 Å². The maximum atomic E-state index is 11.1. The van der Waals surface area contributed by atoms with Gasteiger partial charge in [0.15, 0.2) is 5.16 Å². The van der Waals surface area contributed by atoms with Crippen molar-refractivity contribution in [1.82, 2.24) is 9.55 Å². The van der Waals surface area contributed by atoms with Gasteiger partial charge in [0.2, 0.25) is 0 Å². The molecule has 1 unspecified atom stereocenters. The molecule has 4 aromatic rings. The van der Waals surface area contributed by atoms with Gasteiger partial charge in [-0.1, -0.05) is 42.1 Å². The van der Waals surface area contributed by atoms with E-state index in [1.165, 1.54) is 11.1 Å². The maximum Gasteiger partial charge on any atom is 0.304 e. The van der Waals surface area contributed by atoms with E-state index in [1.807, 2.05) is 36.4 Å². The number of nitrogens with zero attached hydrogens (tertiary/aromatic N) is 2. The molecule has 5 rings (SSSR count). The van der Waals surface area contributed by atoms with Gasteiger partial charge in [0, 0.05) is 29.8 Å². The Bertz CT molecular complexity index is 1350.